The van der Waals surface area contributed by atoms with Gasteiger partial charge >= 0.3 is 12.0 Å². The van der Waals surface area contributed by atoms with Crippen LogP contribution in [0.4, 0.5) is 4.79 Å². The van der Waals surface area contributed by atoms with Crippen LogP contribution in [0.3, 0.4) is 0 Å². The molecule has 1 aromatic carbocycles. The number of benzene rings is 1. The highest BCUT2D eigenvalue weighted by Crippen LogP contribution is 2.23. The van der Waals surface area contributed by atoms with Crippen LogP contribution in [0.2, 0.25) is 0 Å². The molecular weight excluding hydrogens is 480 g/mol. The number of carbonyl (C=O) groups is 3. The molecule has 0 bridgehead atoms. The molecule has 0 fully saturated rings. The summed E-state index contributed by atoms with van der Waals surface area (Å²) >= 11 is 0. The normalized spacial score (nSPS) is 13.5. The number of nitrogens with one attached hydrogen (secondary N) is 5. The van der Waals surface area contributed by atoms with E-state index in [9.17, 15) is 24.6 Å². The lowest BCUT2D eigenvalue weighted by molar-refractivity contribution is -0.139. The number of hydrogen-bond acceptors (Lipinski definition) is 8. The maximum Gasteiger partial charge on any atom is 0.328 e. The van der Waals surface area contributed by atoms with Crippen LogP contribution < -0.4 is 31.3 Å². The van der Waals surface area contributed by atoms with Crippen LogP contribution in [0.5, 0.6) is 11.5 Å². The summed E-state index contributed by atoms with van der Waals surface area (Å²) in [6, 6.07) is 2.30. The Morgan fingerprint density at radius 3 is 2.59 bits per heavy atom. The number of aliphatic imine (C=N–C) groups is 1. The van der Waals surface area contributed by atoms with Gasteiger partial charge in [-0.05, 0) is 25.0 Å². The number of amides is 3. The number of rotatable bonds is 16. The average molecular weight is 521 g/mol. The van der Waals surface area contributed by atoms with E-state index in [1.165, 1.54) is 37.5 Å². The predicted octanol–water partition coefficient (Wildman–Crippen LogP) is 1.55. The summed E-state index contributed by atoms with van der Waals surface area (Å²) in [6.45, 7) is 4.72. The van der Waals surface area contributed by atoms with Crippen LogP contribution in [0.1, 0.15) is 62.2 Å². The summed E-state index contributed by atoms with van der Waals surface area (Å²) in [6.07, 6.45) is 7.45. The van der Waals surface area contributed by atoms with Gasteiger partial charge in [-0.2, -0.15) is 0 Å². The molecule has 1 atom stereocenters. The Morgan fingerprint density at radius 2 is 1.89 bits per heavy atom. The number of urea groups is 1. The molecule has 1 aliphatic rings. The van der Waals surface area contributed by atoms with E-state index in [4.69, 9.17) is 4.74 Å². The molecule has 37 heavy (non-hydrogen) atoms. The highest BCUT2D eigenvalue weighted by atomic mass is 16.5. The third-order valence-electron chi connectivity index (χ3n) is 5.66. The molecule has 2 rings (SSSR count). The molecule has 1 heterocycles. The Kier molecular flexibility index (Phi) is 13.5. The van der Waals surface area contributed by atoms with E-state index in [0.717, 1.165) is 44.7 Å². The molecule has 0 saturated carbocycles. The Hall–Kier alpha value is -3.70. The van der Waals surface area contributed by atoms with Crippen LogP contribution in [0.25, 0.3) is 0 Å². The van der Waals surface area contributed by atoms with Crippen LogP contribution in [0.15, 0.2) is 23.2 Å². The summed E-state index contributed by atoms with van der Waals surface area (Å²) in [7, 11) is 0. The number of phenolic OH excluding ortho intramolecular Hbond substituents is 1. The predicted molar refractivity (Wildman–Crippen MR) is 140 cm³/mol. The van der Waals surface area contributed by atoms with Gasteiger partial charge in [-0.3, -0.25) is 9.79 Å². The molecule has 1 aromatic rings. The van der Waals surface area contributed by atoms with Gasteiger partial charge in [0, 0.05) is 32.2 Å². The number of carboxylic acids is 1. The van der Waals surface area contributed by atoms with E-state index >= 15 is 0 Å². The Labute approximate surface area is 217 Å². The van der Waals surface area contributed by atoms with Gasteiger partial charge in [0.1, 0.15) is 24.1 Å². The zero-order valence-electron chi connectivity index (χ0n) is 21.5. The number of ether oxygens (including phenoxy) is 1. The van der Waals surface area contributed by atoms with E-state index in [1.807, 2.05) is 0 Å². The molecule has 0 unspecified atom stereocenters. The van der Waals surface area contributed by atoms with Gasteiger partial charge in [-0.15, -0.1) is 0 Å². The van der Waals surface area contributed by atoms with E-state index in [1.54, 1.807) is 0 Å². The molecule has 1 aliphatic heterocycles. The van der Waals surface area contributed by atoms with Crippen molar-refractivity contribution in [1.82, 2.24) is 26.6 Å². The van der Waals surface area contributed by atoms with Crippen molar-refractivity contribution >= 4 is 23.9 Å². The van der Waals surface area contributed by atoms with Crippen LogP contribution >= 0.6 is 0 Å². The van der Waals surface area contributed by atoms with Gasteiger partial charge in [-0.25, -0.2) is 9.59 Å². The topological polar surface area (TPSA) is 173 Å². The first-order valence-electron chi connectivity index (χ1n) is 12.9. The lowest BCUT2D eigenvalue weighted by Crippen LogP contribution is -2.51. The van der Waals surface area contributed by atoms with Crippen molar-refractivity contribution in [2.75, 3.05) is 39.3 Å². The van der Waals surface area contributed by atoms with E-state index in [-0.39, 0.29) is 17.9 Å². The number of hydrogen-bond donors (Lipinski definition) is 7. The summed E-state index contributed by atoms with van der Waals surface area (Å²) in [5.74, 6) is -1.16. The minimum atomic E-state index is -1.32. The number of unbranched alkanes of at least 4 members (excludes halogenated alkanes) is 5. The number of guanidine groups is 1. The molecule has 0 aliphatic carbocycles. The zero-order chi connectivity index (χ0) is 26.9. The van der Waals surface area contributed by atoms with Crippen molar-refractivity contribution in [3.05, 3.63) is 23.8 Å². The molecule has 0 radical (unpaired) electrons. The number of aromatic hydroxyl groups is 1. The first kappa shape index (κ1) is 29.5. The van der Waals surface area contributed by atoms with Crippen molar-refractivity contribution in [3.8, 4) is 11.5 Å². The second-order valence-electron chi connectivity index (χ2n) is 8.73. The summed E-state index contributed by atoms with van der Waals surface area (Å²) in [4.78, 5) is 40.3. The second-order valence-corrected chi connectivity index (χ2v) is 8.73. The fourth-order valence-corrected chi connectivity index (χ4v) is 3.59. The number of carboxylic acid groups (broad SMARTS) is 1. The van der Waals surface area contributed by atoms with E-state index in [0.29, 0.717) is 25.4 Å². The molecule has 3 amide bonds. The van der Waals surface area contributed by atoms with Crippen LogP contribution in [0, 0.1) is 0 Å². The van der Waals surface area contributed by atoms with Crippen molar-refractivity contribution in [3.63, 3.8) is 0 Å². The van der Waals surface area contributed by atoms with E-state index in [2.05, 4.69) is 38.5 Å². The first-order chi connectivity index (χ1) is 17.9. The Balaban J connectivity index is 1.72. The smallest absolute Gasteiger partial charge is 0.328 e. The standard InChI is InChI=1S/C25H40N6O6/c1-2-3-4-5-6-7-11-29-25(36)31-20(23(34)35)17-30-22(33)19-10-9-18(16-21(19)32)37-15-14-28-24-26-12-8-13-27-24/h9-10,16,20,32H,2-8,11-15,17H2,1H3,(H,30,33)(H,34,35)(H2,26,27,28)(H2,29,31,36)/t20-/m0/s1. The summed E-state index contributed by atoms with van der Waals surface area (Å²) in [5, 5.41) is 33.3. The van der Waals surface area contributed by atoms with Crippen LogP contribution in [-0.2, 0) is 4.79 Å². The molecule has 0 saturated heterocycles. The van der Waals surface area contributed by atoms with Gasteiger partial charge in [0.05, 0.1) is 12.1 Å². The number of phenols is 1. The molecule has 7 N–H and O–H groups in total. The monoisotopic (exact) mass is 520 g/mol. The Bertz CT molecular complexity index is 910. The summed E-state index contributed by atoms with van der Waals surface area (Å²) < 4.78 is 5.58. The number of carbonyl (C=O) groups excluding carboxylic acids is 2. The van der Waals surface area contributed by atoms with Crippen molar-refractivity contribution in [2.45, 2.75) is 57.9 Å². The molecule has 206 valence electrons. The highest BCUT2D eigenvalue weighted by molar-refractivity contribution is 5.97. The maximum absolute atomic E-state index is 12.5. The number of aliphatic carboxylic acids is 1. The van der Waals surface area contributed by atoms with E-state index < -0.39 is 23.9 Å². The summed E-state index contributed by atoms with van der Waals surface area (Å²) in [5.41, 5.74) is -0.0390. The fourth-order valence-electron chi connectivity index (χ4n) is 3.59. The molecular formula is C25H40N6O6. The lowest BCUT2D eigenvalue weighted by atomic mass is 10.1. The quantitative estimate of drug-likeness (QED) is 0.161. The lowest BCUT2D eigenvalue weighted by Gasteiger charge is -2.17. The third-order valence-corrected chi connectivity index (χ3v) is 5.66. The van der Waals surface area contributed by atoms with Crippen molar-refractivity contribution < 1.29 is 29.3 Å². The average Bonchev–Trinajstić information content (AvgIpc) is 2.89. The molecule has 12 nitrogen and oxygen atoms in total. The maximum atomic E-state index is 12.5. The van der Waals surface area contributed by atoms with Gasteiger partial charge in [0.25, 0.3) is 5.91 Å². The van der Waals surface area contributed by atoms with Crippen molar-refractivity contribution in [2.24, 2.45) is 4.99 Å². The SMILES string of the molecule is CCCCCCCCNC(=O)N[C@@H](CNC(=O)c1ccc(OCCNC2=NCCCN2)cc1O)C(=O)O. The Morgan fingerprint density at radius 1 is 1.11 bits per heavy atom. The van der Waals surface area contributed by atoms with Gasteiger partial charge in [0.2, 0.25) is 0 Å². The molecule has 0 spiro atoms. The van der Waals surface area contributed by atoms with Crippen molar-refractivity contribution in [1.29, 1.82) is 0 Å². The first-order valence-corrected chi connectivity index (χ1v) is 12.9. The minimum absolute atomic E-state index is 0.0390. The largest absolute Gasteiger partial charge is 0.507 e. The molecule has 12 heteroatoms. The third kappa shape index (κ3) is 11.7. The zero-order valence-corrected chi connectivity index (χ0v) is 21.5. The molecule has 0 aromatic heterocycles. The van der Waals surface area contributed by atoms with Gasteiger partial charge in [-0.1, -0.05) is 39.0 Å². The van der Waals surface area contributed by atoms with Gasteiger partial charge < -0.3 is 41.5 Å². The number of nitrogens with zero attached hydrogens (tertiary/aromatic N) is 1. The van der Waals surface area contributed by atoms with Crippen LogP contribution in [-0.4, -0.2) is 79.5 Å². The minimum Gasteiger partial charge on any atom is -0.507 e. The fraction of sp³-hybridized carbons (Fsp3) is 0.600. The second kappa shape index (κ2) is 16.9. The van der Waals surface area contributed by atoms with Gasteiger partial charge in [0.15, 0.2) is 5.96 Å². The highest BCUT2D eigenvalue weighted by Gasteiger charge is 2.22.